The molecule has 4 nitrogen and oxygen atoms in total. The minimum Gasteiger partial charge on any atom is -0.454 e. The fourth-order valence-electron chi connectivity index (χ4n) is 1.93. The summed E-state index contributed by atoms with van der Waals surface area (Å²) in [5, 5.41) is 1.06. The van der Waals surface area contributed by atoms with Gasteiger partial charge >= 0.3 is 0 Å². The zero-order valence-electron chi connectivity index (χ0n) is 8.99. The number of pyridine rings is 1. The van der Waals surface area contributed by atoms with Gasteiger partial charge in [-0.25, -0.2) is 4.98 Å². The molecule has 0 bridgehead atoms. The summed E-state index contributed by atoms with van der Waals surface area (Å²) in [5.74, 6) is 1.32. The number of nitrogens with zero attached hydrogens (tertiary/aromatic N) is 1. The van der Waals surface area contributed by atoms with Crippen molar-refractivity contribution < 1.29 is 14.3 Å². The van der Waals surface area contributed by atoms with Crippen molar-refractivity contribution in [3.05, 3.63) is 28.4 Å². The lowest BCUT2D eigenvalue weighted by Crippen LogP contribution is -1.94. The summed E-state index contributed by atoms with van der Waals surface area (Å²) in [7, 11) is 0. The summed E-state index contributed by atoms with van der Waals surface area (Å²) in [4.78, 5) is 15.1. The highest BCUT2D eigenvalue weighted by Gasteiger charge is 2.18. The Morgan fingerprint density at radius 3 is 2.76 bits per heavy atom. The summed E-state index contributed by atoms with van der Waals surface area (Å²) in [6.45, 7) is 2.04. The molecule has 0 spiro atoms. The van der Waals surface area contributed by atoms with E-state index >= 15 is 0 Å². The van der Waals surface area contributed by atoms with Crippen LogP contribution in [0.1, 0.15) is 15.9 Å². The van der Waals surface area contributed by atoms with Crippen LogP contribution in [0.5, 0.6) is 11.5 Å². The van der Waals surface area contributed by atoms with Crippen LogP contribution in [0.4, 0.5) is 0 Å². The van der Waals surface area contributed by atoms with E-state index in [0.717, 1.165) is 10.9 Å². The Labute approximate surface area is 102 Å². The zero-order chi connectivity index (χ0) is 12.0. The van der Waals surface area contributed by atoms with E-state index < -0.39 is 0 Å². The van der Waals surface area contributed by atoms with Crippen LogP contribution in [0.15, 0.2) is 12.1 Å². The Hall–Kier alpha value is -1.81. The Balaban J connectivity index is 2.39. The number of benzene rings is 1. The number of halogens is 1. The van der Waals surface area contributed by atoms with E-state index in [1.165, 1.54) is 0 Å². The van der Waals surface area contributed by atoms with Gasteiger partial charge in [-0.1, -0.05) is 11.6 Å². The number of hydrogen-bond acceptors (Lipinski definition) is 4. The monoisotopic (exact) mass is 249 g/mol. The Morgan fingerprint density at radius 1 is 1.35 bits per heavy atom. The first-order valence-corrected chi connectivity index (χ1v) is 5.43. The Bertz CT molecular complexity index is 639. The number of fused-ring (bicyclic) bond motifs is 2. The standard InChI is InChI=1S/C12H8ClNO3/c1-6-7-2-10-11(17-5-16-10)3-9(7)14-12(13)8(6)4-15/h2-4H,5H2,1H3. The molecule has 0 fully saturated rings. The number of ether oxygens (including phenoxy) is 2. The largest absolute Gasteiger partial charge is 0.454 e. The molecule has 17 heavy (non-hydrogen) atoms. The van der Waals surface area contributed by atoms with Crippen molar-refractivity contribution >= 4 is 28.8 Å². The normalized spacial score (nSPS) is 13.1. The van der Waals surface area contributed by atoms with Gasteiger partial charge in [-0.05, 0) is 18.6 Å². The zero-order valence-corrected chi connectivity index (χ0v) is 9.75. The lowest BCUT2D eigenvalue weighted by molar-refractivity contribution is 0.112. The van der Waals surface area contributed by atoms with Crippen LogP contribution in [-0.4, -0.2) is 18.1 Å². The van der Waals surface area contributed by atoms with Gasteiger partial charge in [0.1, 0.15) is 5.15 Å². The van der Waals surface area contributed by atoms with Gasteiger partial charge in [0.15, 0.2) is 17.8 Å². The van der Waals surface area contributed by atoms with Crippen molar-refractivity contribution in [1.82, 2.24) is 4.98 Å². The van der Waals surface area contributed by atoms with E-state index in [0.29, 0.717) is 28.9 Å². The number of hydrogen-bond donors (Lipinski definition) is 0. The molecule has 86 valence electrons. The summed E-state index contributed by atoms with van der Waals surface area (Å²) in [6.07, 6.45) is 0.717. The van der Waals surface area contributed by atoms with E-state index in [9.17, 15) is 4.79 Å². The maximum atomic E-state index is 10.9. The van der Waals surface area contributed by atoms with Crippen molar-refractivity contribution in [3.63, 3.8) is 0 Å². The van der Waals surface area contributed by atoms with E-state index in [1.54, 1.807) is 6.07 Å². The molecule has 0 unspecified atom stereocenters. The maximum absolute atomic E-state index is 10.9. The average molecular weight is 250 g/mol. The average Bonchev–Trinajstić information content (AvgIpc) is 2.74. The van der Waals surface area contributed by atoms with Gasteiger partial charge in [-0.2, -0.15) is 0 Å². The van der Waals surface area contributed by atoms with Crippen molar-refractivity contribution in [2.45, 2.75) is 6.92 Å². The van der Waals surface area contributed by atoms with Crippen LogP contribution in [0.3, 0.4) is 0 Å². The number of rotatable bonds is 1. The van der Waals surface area contributed by atoms with Crippen molar-refractivity contribution in [1.29, 1.82) is 0 Å². The summed E-state index contributed by atoms with van der Waals surface area (Å²) in [6, 6.07) is 3.59. The summed E-state index contributed by atoms with van der Waals surface area (Å²) in [5.41, 5.74) is 1.91. The lowest BCUT2D eigenvalue weighted by atomic mass is 10.1. The van der Waals surface area contributed by atoms with Crippen molar-refractivity contribution in [2.24, 2.45) is 0 Å². The molecule has 0 saturated heterocycles. The second-order valence-corrected chi connectivity index (χ2v) is 4.14. The second-order valence-electron chi connectivity index (χ2n) is 3.78. The third-order valence-corrected chi connectivity index (χ3v) is 3.15. The quantitative estimate of drug-likeness (QED) is 0.576. The second kappa shape index (κ2) is 3.60. The molecule has 0 amide bonds. The van der Waals surface area contributed by atoms with Gasteiger partial charge in [0, 0.05) is 11.5 Å². The summed E-state index contributed by atoms with van der Waals surface area (Å²) < 4.78 is 10.6. The van der Waals surface area contributed by atoms with Gasteiger partial charge in [0.05, 0.1) is 11.1 Å². The van der Waals surface area contributed by atoms with Crippen LogP contribution in [0.2, 0.25) is 5.15 Å². The molecule has 1 aliphatic rings. The molecule has 0 N–H and O–H groups in total. The van der Waals surface area contributed by atoms with E-state index in [-0.39, 0.29) is 11.9 Å². The van der Waals surface area contributed by atoms with Crippen LogP contribution in [0, 0.1) is 6.92 Å². The molecule has 1 aliphatic heterocycles. The van der Waals surface area contributed by atoms with E-state index in [4.69, 9.17) is 21.1 Å². The third-order valence-electron chi connectivity index (χ3n) is 2.86. The molecule has 1 aromatic carbocycles. The van der Waals surface area contributed by atoms with Crippen molar-refractivity contribution in [2.75, 3.05) is 6.79 Å². The SMILES string of the molecule is Cc1c(C=O)c(Cl)nc2cc3c(cc12)OCO3. The molecule has 0 aliphatic carbocycles. The number of aldehydes is 1. The van der Waals surface area contributed by atoms with Crippen LogP contribution in [0.25, 0.3) is 10.9 Å². The maximum Gasteiger partial charge on any atom is 0.231 e. The highest BCUT2D eigenvalue weighted by molar-refractivity contribution is 6.32. The molecular weight excluding hydrogens is 242 g/mol. The highest BCUT2D eigenvalue weighted by atomic mass is 35.5. The molecule has 1 aromatic heterocycles. The van der Waals surface area contributed by atoms with E-state index in [1.807, 2.05) is 13.0 Å². The highest BCUT2D eigenvalue weighted by Crippen LogP contribution is 2.37. The van der Waals surface area contributed by atoms with Gasteiger partial charge in [-0.3, -0.25) is 4.79 Å². The van der Waals surface area contributed by atoms with E-state index in [2.05, 4.69) is 4.98 Å². The minimum absolute atomic E-state index is 0.207. The van der Waals surface area contributed by atoms with Crippen LogP contribution >= 0.6 is 11.6 Å². The van der Waals surface area contributed by atoms with Gasteiger partial charge in [-0.15, -0.1) is 0 Å². The fourth-order valence-corrected chi connectivity index (χ4v) is 2.20. The number of carbonyl (C=O) groups is 1. The molecule has 2 aromatic rings. The van der Waals surface area contributed by atoms with Crippen molar-refractivity contribution in [3.8, 4) is 11.5 Å². The third kappa shape index (κ3) is 1.45. The Morgan fingerprint density at radius 2 is 2.06 bits per heavy atom. The smallest absolute Gasteiger partial charge is 0.231 e. The molecule has 0 atom stereocenters. The van der Waals surface area contributed by atoms with Gasteiger partial charge < -0.3 is 9.47 Å². The molecular formula is C12H8ClNO3. The number of carbonyl (C=O) groups excluding carboxylic acids is 1. The predicted octanol–water partition coefficient (Wildman–Crippen LogP) is 2.74. The number of aryl methyl sites for hydroxylation is 1. The molecule has 0 radical (unpaired) electrons. The minimum atomic E-state index is 0.207. The first-order valence-electron chi connectivity index (χ1n) is 5.05. The molecule has 2 heterocycles. The molecule has 0 saturated carbocycles. The predicted molar refractivity (Wildman–Crippen MR) is 63.0 cm³/mol. The van der Waals surface area contributed by atoms with Gasteiger partial charge in [0.2, 0.25) is 6.79 Å². The lowest BCUT2D eigenvalue weighted by Gasteiger charge is -2.07. The first-order chi connectivity index (χ1) is 8.20. The fraction of sp³-hybridized carbons (Fsp3) is 0.167. The number of aromatic nitrogens is 1. The molecule has 5 heteroatoms. The van der Waals surface area contributed by atoms with Crippen LogP contribution in [-0.2, 0) is 0 Å². The topological polar surface area (TPSA) is 48.4 Å². The molecule has 3 rings (SSSR count). The van der Waals surface area contributed by atoms with Gasteiger partial charge in [0.25, 0.3) is 0 Å². The first kappa shape index (κ1) is 10.4. The Kier molecular flexibility index (Phi) is 2.19. The summed E-state index contributed by atoms with van der Waals surface area (Å²) >= 11 is 5.95. The van der Waals surface area contributed by atoms with Crippen LogP contribution < -0.4 is 9.47 Å².